The summed E-state index contributed by atoms with van der Waals surface area (Å²) >= 11 is 0. The molecule has 2 rings (SSSR count). The van der Waals surface area contributed by atoms with Crippen molar-refractivity contribution in [2.45, 2.75) is 38.1 Å². The Bertz CT molecular complexity index is 534. The van der Waals surface area contributed by atoms with Gasteiger partial charge in [0, 0.05) is 20.1 Å². The van der Waals surface area contributed by atoms with Crippen LogP contribution in [0.5, 0.6) is 0 Å². The second-order valence-electron chi connectivity index (χ2n) is 5.13. The largest absolute Gasteiger partial charge is 0.311 e. The number of sulfonamides is 1. The maximum absolute atomic E-state index is 12.6. The summed E-state index contributed by atoms with van der Waals surface area (Å²) in [6, 6.07) is 0. The van der Waals surface area contributed by atoms with Crippen molar-refractivity contribution in [1.82, 2.24) is 19.8 Å². The van der Waals surface area contributed by atoms with Crippen LogP contribution in [0.1, 0.15) is 31.2 Å². The zero-order chi connectivity index (χ0) is 14.0. The predicted octanol–water partition coefficient (Wildman–Crippen LogP) is 0.858. The second kappa shape index (κ2) is 5.60. The molecule has 1 heterocycles. The summed E-state index contributed by atoms with van der Waals surface area (Å²) in [4.78, 5) is 0.330. The van der Waals surface area contributed by atoms with E-state index in [4.69, 9.17) is 0 Å². The van der Waals surface area contributed by atoms with E-state index in [9.17, 15) is 8.42 Å². The Morgan fingerprint density at radius 2 is 2.16 bits per heavy atom. The summed E-state index contributed by atoms with van der Waals surface area (Å²) in [5.74, 6) is 0.532. The van der Waals surface area contributed by atoms with Crippen LogP contribution >= 0.6 is 0 Å². The molecule has 1 aromatic rings. The quantitative estimate of drug-likeness (QED) is 0.779. The molecule has 1 aliphatic rings. The number of hydrogen-bond acceptors (Lipinski definition) is 4. The molecule has 0 atom stereocenters. The Morgan fingerprint density at radius 3 is 2.74 bits per heavy atom. The molecule has 0 amide bonds. The highest BCUT2D eigenvalue weighted by Gasteiger charge is 2.32. The number of aryl methyl sites for hydroxylation is 1. The fraction of sp³-hybridized carbons (Fsp3) is 0.750. The average molecular weight is 286 g/mol. The predicted molar refractivity (Wildman–Crippen MR) is 73.2 cm³/mol. The van der Waals surface area contributed by atoms with E-state index in [1.807, 2.05) is 6.92 Å². The molecule has 1 aliphatic carbocycles. The summed E-state index contributed by atoms with van der Waals surface area (Å²) in [6.07, 6.45) is 2.27. The highest BCUT2D eigenvalue weighted by atomic mass is 32.2. The maximum Gasteiger partial charge on any atom is 0.246 e. The van der Waals surface area contributed by atoms with Gasteiger partial charge in [0.15, 0.2) is 0 Å². The number of aromatic nitrogens is 2. The number of nitrogens with one attached hydrogen (secondary N) is 2. The summed E-state index contributed by atoms with van der Waals surface area (Å²) in [7, 11) is -1.79. The molecule has 1 saturated carbocycles. The maximum atomic E-state index is 12.6. The fourth-order valence-corrected chi connectivity index (χ4v) is 3.66. The van der Waals surface area contributed by atoms with E-state index in [1.165, 1.54) is 4.31 Å². The summed E-state index contributed by atoms with van der Waals surface area (Å²) in [5.41, 5.74) is 1.18. The SMILES string of the molecule is CCNCc1n[nH]c(C)c1S(=O)(=O)N(C)CC1CC1. The van der Waals surface area contributed by atoms with Crippen molar-refractivity contribution in [3.05, 3.63) is 11.4 Å². The molecular weight excluding hydrogens is 264 g/mol. The van der Waals surface area contributed by atoms with Gasteiger partial charge in [0.1, 0.15) is 4.90 Å². The van der Waals surface area contributed by atoms with Crippen molar-refractivity contribution in [1.29, 1.82) is 0 Å². The number of rotatable bonds is 7. The van der Waals surface area contributed by atoms with Gasteiger partial charge in [-0.25, -0.2) is 12.7 Å². The van der Waals surface area contributed by atoms with Crippen molar-refractivity contribution in [3.63, 3.8) is 0 Å². The third kappa shape index (κ3) is 3.16. The lowest BCUT2D eigenvalue weighted by Crippen LogP contribution is -2.30. The molecule has 7 heteroatoms. The molecule has 19 heavy (non-hydrogen) atoms. The van der Waals surface area contributed by atoms with Gasteiger partial charge in [-0.1, -0.05) is 6.92 Å². The summed E-state index contributed by atoms with van der Waals surface area (Å²) in [5, 5.41) is 10.0. The molecule has 6 nitrogen and oxygen atoms in total. The van der Waals surface area contributed by atoms with Gasteiger partial charge in [0.25, 0.3) is 0 Å². The second-order valence-corrected chi connectivity index (χ2v) is 7.12. The van der Waals surface area contributed by atoms with Crippen LogP contribution in [0.15, 0.2) is 4.90 Å². The normalized spacial score (nSPS) is 16.2. The number of aromatic amines is 1. The van der Waals surface area contributed by atoms with Crippen LogP contribution in [0.2, 0.25) is 0 Å². The lowest BCUT2D eigenvalue weighted by atomic mass is 10.3. The van der Waals surface area contributed by atoms with Gasteiger partial charge in [-0.05, 0) is 32.2 Å². The first-order valence-corrected chi connectivity index (χ1v) is 8.11. The van der Waals surface area contributed by atoms with Crippen LogP contribution in [-0.2, 0) is 16.6 Å². The van der Waals surface area contributed by atoms with E-state index in [1.54, 1.807) is 14.0 Å². The van der Waals surface area contributed by atoms with Crippen molar-refractivity contribution in [3.8, 4) is 0 Å². The zero-order valence-electron chi connectivity index (χ0n) is 11.7. The smallest absolute Gasteiger partial charge is 0.246 e. The van der Waals surface area contributed by atoms with E-state index >= 15 is 0 Å². The lowest BCUT2D eigenvalue weighted by molar-refractivity contribution is 0.451. The van der Waals surface area contributed by atoms with E-state index in [2.05, 4.69) is 15.5 Å². The van der Waals surface area contributed by atoms with Crippen LogP contribution < -0.4 is 5.32 Å². The van der Waals surface area contributed by atoms with Crippen molar-refractivity contribution in [2.75, 3.05) is 20.1 Å². The Labute approximate surface area is 114 Å². The standard InChI is InChI=1S/C12H22N4O2S/c1-4-13-7-11-12(9(2)14-15-11)19(17,18)16(3)8-10-5-6-10/h10,13H,4-8H2,1-3H3,(H,14,15). The molecule has 108 valence electrons. The molecule has 1 aromatic heterocycles. The van der Waals surface area contributed by atoms with Crippen molar-refractivity contribution < 1.29 is 8.42 Å². The van der Waals surface area contributed by atoms with Crippen LogP contribution in [0, 0.1) is 12.8 Å². The number of H-pyrrole nitrogens is 1. The minimum Gasteiger partial charge on any atom is -0.311 e. The zero-order valence-corrected chi connectivity index (χ0v) is 12.5. The first kappa shape index (κ1) is 14.5. The molecule has 0 unspecified atom stereocenters. The van der Waals surface area contributed by atoms with Crippen LogP contribution in [0.4, 0.5) is 0 Å². The lowest BCUT2D eigenvalue weighted by Gasteiger charge is -2.17. The Hall–Kier alpha value is -0.920. The van der Waals surface area contributed by atoms with Gasteiger partial charge >= 0.3 is 0 Å². The van der Waals surface area contributed by atoms with E-state index in [-0.39, 0.29) is 0 Å². The van der Waals surface area contributed by atoms with Crippen molar-refractivity contribution in [2.24, 2.45) is 5.92 Å². The van der Waals surface area contributed by atoms with Gasteiger partial charge < -0.3 is 5.32 Å². The molecule has 0 spiro atoms. The van der Waals surface area contributed by atoms with Crippen LogP contribution in [0.25, 0.3) is 0 Å². The Balaban J connectivity index is 2.24. The fourth-order valence-electron chi connectivity index (χ4n) is 2.09. The average Bonchev–Trinajstić information content (AvgIpc) is 3.08. The van der Waals surface area contributed by atoms with E-state index < -0.39 is 10.0 Å². The van der Waals surface area contributed by atoms with Crippen molar-refractivity contribution >= 4 is 10.0 Å². The molecule has 0 aliphatic heterocycles. The molecule has 0 radical (unpaired) electrons. The first-order valence-electron chi connectivity index (χ1n) is 6.67. The topological polar surface area (TPSA) is 78.1 Å². The van der Waals surface area contributed by atoms with E-state index in [0.717, 1.165) is 19.4 Å². The molecule has 0 aromatic carbocycles. The summed E-state index contributed by atoms with van der Waals surface area (Å²) < 4.78 is 26.7. The molecule has 2 N–H and O–H groups in total. The Kier molecular flexibility index (Phi) is 4.27. The molecule has 0 saturated heterocycles. The van der Waals surface area contributed by atoms with Crippen LogP contribution in [0.3, 0.4) is 0 Å². The third-order valence-electron chi connectivity index (χ3n) is 3.38. The molecule has 1 fully saturated rings. The third-order valence-corrected chi connectivity index (χ3v) is 5.41. The summed E-state index contributed by atoms with van der Waals surface area (Å²) in [6.45, 7) is 5.58. The van der Waals surface area contributed by atoms with E-state index in [0.29, 0.717) is 35.3 Å². The van der Waals surface area contributed by atoms with Gasteiger partial charge in [-0.2, -0.15) is 5.10 Å². The van der Waals surface area contributed by atoms with Gasteiger partial charge in [0.2, 0.25) is 10.0 Å². The number of nitrogens with zero attached hydrogens (tertiary/aromatic N) is 2. The monoisotopic (exact) mass is 286 g/mol. The van der Waals surface area contributed by atoms with Gasteiger partial charge in [0.05, 0.1) is 11.4 Å². The minimum absolute atomic E-state index is 0.330. The first-order chi connectivity index (χ1) is 8.96. The minimum atomic E-state index is -3.44. The molecule has 0 bridgehead atoms. The highest BCUT2D eigenvalue weighted by molar-refractivity contribution is 7.89. The molecular formula is C12H22N4O2S. The number of hydrogen-bond donors (Lipinski definition) is 2. The highest BCUT2D eigenvalue weighted by Crippen LogP contribution is 2.31. The van der Waals surface area contributed by atoms with Crippen LogP contribution in [-0.4, -0.2) is 43.1 Å². The Morgan fingerprint density at radius 1 is 1.47 bits per heavy atom. The van der Waals surface area contributed by atoms with Gasteiger partial charge in [-0.3, -0.25) is 5.10 Å². The van der Waals surface area contributed by atoms with Gasteiger partial charge in [-0.15, -0.1) is 0 Å².